The predicted octanol–water partition coefficient (Wildman–Crippen LogP) is 5.98. The minimum Gasteiger partial charge on any atom is -0.492 e. The first-order chi connectivity index (χ1) is 19.5. The minimum absolute atomic E-state index is 0.0401. The van der Waals surface area contributed by atoms with E-state index in [2.05, 4.69) is 17.4 Å². The Kier molecular flexibility index (Phi) is 8.71. The number of fused-ring (bicyclic) bond motifs is 1. The summed E-state index contributed by atoms with van der Waals surface area (Å²) in [7, 11) is 0. The number of hydrogen-bond donors (Lipinski definition) is 2. The number of rotatable bonds is 12. The zero-order valence-electron chi connectivity index (χ0n) is 22.1. The molecule has 1 atom stereocenters. The lowest BCUT2D eigenvalue weighted by Crippen LogP contribution is -2.44. The molecule has 0 saturated heterocycles. The van der Waals surface area contributed by atoms with Crippen molar-refractivity contribution in [2.45, 2.75) is 44.6 Å². The van der Waals surface area contributed by atoms with Gasteiger partial charge in [-0.15, -0.1) is 0 Å². The van der Waals surface area contributed by atoms with E-state index in [4.69, 9.17) is 26.4 Å². The lowest BCUT2D eigenvalue weighted by atomic mass is 10.1. The number of benzene rings is 3. The molecule has 1 unspecified atom stereocenters. The van der Waals surface area contributed by atoms with Gasteiger partial charge in [0.1, 0.15) is 23.3 Å². The Morgan fingerprint density at radius 1 is 0.975 bits per heavy atom. The van der Waals surface area contributed by atoms with Gasteiger partial charge in [0, 0.05) is 24.8 Å². The van der Waals surface area contributed by atoms with Gasteiger partial charge in [-0.2, -0.15) is 4.57 Å². The molecule has 1 aliphatic heterocycles. The van der Waals surface area contributed by atoms with Crippen LogP contribution in [0.3, 0.4) is 0 Å². The van der Waals surface area contributed by atoms with Gasteiger partial charge >= 0.3 is 17.7 Å². The summed E-state index contributed by atoms with van der Waals surface area (Å²) in [6, 6.07) is 25.1. The SMILES string of the molecule is O=C(O)CCCCCOc1ccc(CC2Nc3c(Cc4ccccc4)nc(-c4ccccc4)c[n+]3C2=O)cc1Cl. The quantitative estimate of drug-likeness (QED) is 0.165. The van der Waals surface area contributed by atoms with Gasteiger partial charge in [0.25, 0.3) is 0 Å². The van der Waals surface area contributed by atoms with Crippen LogP contribution in [-0.2, 0) is 17.6 Å². The Morgan fingerprint density at radius 2 is 1.73 bits per heavy atom. The van der Waals surface area contributed by atoms with Crippen molar-refractivity contribution in [1.29, 1.82) is 0 Å². The average Bonchev–Trinajstić information content (AvgIpc) is 3.27. The summed E-state index contributed by atoms with van der Waals surface area (Å²) < 4.78 is 7.49. The Morgan fingerprint density at radius 3 is 2.45 bits per heavy atom. The number of carbonyl (C=O) groups excluding carboxylic acids is 1. The number of carboxylic acid groups (broad SMARTS) is 1. The largest absolute Gasteiger partial charge is 0.492 e. The summed E-state index contributed by atoms with van der Waals surface area (Å²) in [4.78, 5) is 29.2. The molecule has 2 heterocycles. The molecule has 0 amide bonds. The van der Waals surface area contributed by atoms with Crippen LogP contribution in [0.1, 0.15) is 47.3 Å². The molecule has 1 aliphatic rings. The zero-order chi connectivity index (χ0) is 27.9. The molecule has 3 aromatic carbocycles. The monoisotopic (exact) mass is 556 g/mol. The number of aliphatic carboxylic acids is 1. The molecule has 2 N–H and O–H groups in total. The van der Waals surface area contributed by atoms with Crippen molar-refractivity contribution in [2.75, 3.05) is 11.9 Å². The summed E-state index contributed by atoms with van der Waals surface area (Å²) in [5.41, 5.74) is 4.55. The lowest BCUT2D eigenvalue weighted by Gasteiger charge is -2.10. The van der Waals surface area contributed by atoms with Crippen molar-refractivity contribution in [2.24, 2.45) is 0 Å². The second-order valence-electron chi connectivity index (χ2n) is 9.88. The highest BCUT2D eigenvalue weighted by molar-refractivity contribution is 6.32. The number of unbranched alkanes of at least 4 members (excludes halogenated alkanes) is 2. The van der Waals surface area contributed by atoms with Gasteiger partial charge in [0.15, 0.2) is 6.04 Å². The van der Waals surface area contributed by atoms with E-state index in [0.29, 0.717) is 42.5 Å². The van der Waals surface area contributed by atoms with Crippen LogP contribution < -0.4 is 14.6 Å². The molecule has 0 radical (unpaired) electrons. The second kappa shape index (κ2) is 12.7. The highest BCUT2D eigenvalue weighted by atomic mass is 35.5. The lowest BCUT2D eigenvalue weighted by molar-refractivity contribution is -0.552. The topological polar surface area (TPSA) is 92.4 Å². The van der Waals surface area contributed by atoms with Crippen LogP contribution >= 0.6 is 11.6 Å². The molecule has 0 aliphatic carbocycles. The maximum atomic E-state index is 13.6. The average molecular weight is 557 g/mol. The predicted molar refractivity (Wildman–Crippen MR) is 154 cm³/mol. The number of nitrogens with one attached hydrogen (secondary N) is 1. The van der Waals surface area contributed by atoms with Crippen LogP contribution in [0.2, 0.25) is 5.02 Å². The van der Waals surface area contributed by atoms with E-state index >= 15 is 0 Å². The highest BCUT2D eigenvalue weighted by Gasteiger charge is 2.41. The fourth-order valence-electron chi connectivity index (χ4n) is 4.83. The van der Waals surface area contributed by atoms with E-state index in [1.54, 1.807) is 4.57 Å². The van der Waals surface area contributed by atoms with Gasteiger partial charge in [0.05, 0.1) is 11.6 Å². The third-order valence-electron chi connectivity index (χ3n) is 6.88. The summed E-state index contributed by atoms with van der Waals surface area (Å²) in [5.74, 6) is 0.472. The smallest absolute Gasteiger partial charge is 0.359 e. The van der Waals surface area contributed by atoms with Gasteiger partial charge < -0.3 is 9.84 Å². The number of ether oxygens (including phenoxy) is 1. The molecule has 5 rings (SSSR count). The van der Waals surface area contributed by atoms with Gasteiger partial charge in [-0.1, -0.05) is 78.3 Å². The van der Waals surface area contributed by atoms with Crippen LogP contribution in [0.5, 0.6) is 5.75 Å². The normalized spacial score (nSPS) is 14.0. The van der Waals surface area contributed by atoms with E-state index in [1.807, 2.05) is 72.9 Å². The number of carboxylic acids is 1. The first-order valence-electron chi connectivity index (χ1n) is 13.5. The first-order valence-corrected chi connectivity index (χ1v) is 13.8. The molecular weight excluding hydrogens is 526 g/mol. The Hall–Kier alpha value is -4.23. The third-order valence-corrected chi connectivity index (χ3v) is 7.18. The maximum Gasteiger partial charge on any atom is 0.359 e. The minimum atomic E-state index is -0.781. The van der Waals surface area contributed by atoms with Crippen molar-refractivity contribution in [3.05, 3.63) is 107 Å². The molecule has 8 heteroatoms. The highest BCUT2D eigenvalue weighted by Crippen LogP contribution is 2.28. The molecule has 0 saturated carbocycles. The van der Waals surface area contributed by atoms with Gasteiger partial charge in [-0.05, 0) is 42.5 Å². The standard InChI is InChI=1S/C32H30ClN3O4/c33-25-18-23(15-16-29(25)40-17-9-3-8-14-30(37)38)20-27-32(39)36-21-28(24-12-6-2-7-13-24)34-26(31(36)35-27)19-22-10-4-1-5-11-22/h1-2,4-7,10-13,15-16,18,21,27H,3,8-9,14,17,19-20H2,(H,37,38)/p+1. The molecule has 0 bridgehead atoms. The summed E-state index contributed by atoms with van der Waals surface area (Å²) >= 11 is 6.50. The van der Waals surface area contributed by atoms with E-state index in [1.165, 1.54) is 0 Å². The Labute approximate surface area is 238 Å². The molecule has 0 fully saturated rings. The maximum absolute atomic E-state index is 13.6. The van der Waals surface area contributed by atoms with E-state index in [9.17, 15) is 9.59 Å². The Balaban J connectivity index is 1.30. The zero-order valence-corrected chi connectivity index (χ0v) is 22.8. The third kappa shape index (κ3) is 6.66. The number of anilines is 1. The number of aromatic nitrogens is 2. The first kappa shape index (κ1) is 27.3. The van der Waals surface area contributed by atoms with Crippen molar-refractivity contribution >= 4 is 29.3 Å². The summed E-state index contributed by atoms with van der Waals surface area (Å²) in [6.45, 7) is 0.467. The van der Waals surface area contributed by atoms with E-state index < -0.39 is 12.0 Å². The van der Waals surface area contributed by atoms with Crippen LogP contribution in [0, 0.1) is 0 Å². The van der Waals surface area contributed by atoms with E-state index in [0.717, 1.165) is 40.9 Å². The van der Waals surface area contributed by atoms with Gasteiger partial charge in [-0.25, -0.2) is 9.78 Å². The number of carbonyl (C=O) groups is 2. The van der Waals surface area contributed by atoms with Gasteiger partial charge in [-0.3, -0.25) is 10.1 Å². The van der Waals surface area contributed by atoms with Crippen molar-refractivity contribution in [3.8, 4) is 17.0 Å². The molecular formula is C32H31ClN3O4+. The molecule has 7 nitrogen and oxygen atoms in total. The van der Waals surface area contributed by atoms with Crippen LogP contribution in [0.15, 0.2) is 85.1 Å². The molecule has 4 aromatic rings. The summed E-state index contributed by atoms with van der Waals surface area (Å²) in [5, 5.41) is 12.6. The molecule has 1 aromatic heterocycles. The summed E-state index contributed by atoms with van der Waals surface area (Å²) in [6.07, 6.45) is 5.20. The number of nitrogens with zero attached hydrogens (tertiary/aromatic N) is 2. The van der Waals surface area contributed by atoms with Crippen LogP contribution in [0.4, 0.5) is 5.82 Å². The number of halogens is 1. The number of hydrogen-bond acceptors (Lipinski definition) is 5. The fraction of sp³-hybridized carbons (Fsp3) is 0.250. The molecule has 40 heavy (non-hydrogen) atoms. The van der Waals surface area contributed by atoms with Crippen molar-refractivity contribution in [1.82, 2.24) is 4.98 Å². The van der Waals surface area contributed by atoms with Crippen molar-refractivity contribution < 1.29 is 24.0 Å². The van der Waals surface area contributed by atoms with Crippen LogP contribution in [-0.4, -0.2) is 34.6 Å². The molecule has 0 spiro atoms. The molecule has 204 valence electrons. The second-order valence-corrected chi connectivity index (χ2v) is 10.3. The van der Waals surface area contributed by atoms with Crippen LogP contribution in [0.25, 0.3) is 11.3 Å². The Bertz CT molecular complexity index is 1500. The van der Waals surface area contributed by atoms with E-state index in [-0.39, 0.29) is 12.3 Å². The van der Waals surface area contributed by atoms with Crippen molar-refractivity contribution in [3.63, 3.8) is 0 Å². The van der Waals surface area contributed by atoms with Gasteiger partial charge in [0.2, 0.25) is 0 Å². The fourth-order valence-corrected chi connectivity index (χ4v) is 5.09.